The van der Waals surface area contributed by atoms with Gasteiger partial charge in [-0.1, -0.05) is 33.1 Å². The zero-order valence-corrected chi connectivity index (χ0v) is 16.4. The molecule has 0 aliphatic rings. The second kappa shape index (κ2) is 24.4. The first-order valence-corrected chi connectivity index (χ1v) is 8.06. The van der Waals surface area contributed by atoms with E-state index in [4.69, 9.17) is 6.42 Å². The van der Waals surface area contributed by atoms with Gasteiger partial charge in [-0.05, 0) is 108 Å². The molecule has 0 fully saturated rings. The van der Waals surface area contributed by atoms with Gasteiger partial charge in [0.1, 0.15) is 0 Å². The predicted molar refractivity (Wildman–Crippen MR) is 117 cm³/mol. The lowest BCUT2D eigenvalue weighted by molar-refractivity contribution is 0.626. The third kappa shape index (κ3) is 29.2. The van der Waals surface area contributed by atoms with Gasteiger partial charge in [0.15, 0.2) is 0 Å². The Labute approximate surface area is 171 Å². The van der Waals surface area contributed by atoms with Crippen molar-refractivity contribution in [2.75, 3.05) is 0 Å². The quantitative estimate of drug-likeness (QED) is 0.637. The summed E-state index contributed by atoms with van der Waals surface area (Å²) in [6.07, 6.45) is 6.21. The molecule has 128 valence electrons. The summed E-state index contributed by atoms with van der Waals surface area (Å²) in [5, 5.41) is 0. The molecule has 28 heavy (non-hydrogen) atoms. The minimum atomic E-state index is 0.884. The normalized spacial score (nSPS) is 4.86. The lowest BCUT2D eigenvalue weighted by Gasteiger charge is -1.90. The van der Waals surface area contributed by atoms with E-state index in [0.29, 0.717) is 0 Å². The summed E-state index contributed by atoms with van der Waals surface area (Å²) in [5.41, 5.74) is 0. The molecule has 0 radical (unpaired) electrons. The van der Waals surface area contributed by atoms with Crippen molar-refractivity contribution < 1.29 is 0 Å². The maximum atomic E-state index is 4.90. The Morgan fingerprint density at radius 3 is 0.893 bits per heavy atom. The van der Waals surface area contributed by atoms with Gasteiger partial charge >= 0.3 is 0 Å². The molecule has 0 rings (SSSR count). The molecular formula is C28H16. The summed E-state index contributed by atoms with van der Waals surface area (Å²) in [7, 11) is 0. The first-order valence-electron chi connectivity index (χ1n) is 8.06. The smallest absolute Gasteiger partial charge is 0 e. The minimum absolute atomic E-state index is 0.884. The van der Waals surface area contributed by atoms with Crippen molar-refractivity contribution in [2.45, 2.75) is 34.1 Å². The van der Waals surface area contributed by atoms with E-state index < -0.39 is 0 Å². The fourth-order valence-electron chi connectivity index (χ4n) is 0.630. The van der Waals surface area contributed by atoms with Crippen LogP contribution in [-0.2, 0) is 0 Å². The van der Waals surface area contributed by atoms with Crippen molar-refractivity contribution in [3.8, 4) is 131 Å². The van der Waals surface area contributed by atoms with Crippen molar-refractivity contribution >= 4 is 0 Å². The lowest BCUT2D eigenvalue weighted by Crippen LogP contribution is -1.77. The van der Waals surface area contributed by atoms with Crippen LogP contribution in [0.3, 0.4) is 0 Å². The molecule has 0 heterocycles. The van der Waals surface area contributed by atoms with E-state index in [9.17, 15) is 0 Å². The summed E-state index contributed by atoms with van der Waals surface area (Å²) >= 11 is 0. The maximum Gasteiger partial charge on any atom is 0 e. The van der Waals surface area contributed by atoms with Gasteiger partial charge in [-0.3, -0.25) is 0 Å². The highest BCUT2D eigenvalue weighted by atomic mass is 13.9. The molecule has 0 aromatic carbocycles. The van der Waals surface area contributed by atoms with Crippen molar-refractivity contribution in [2.24, 2.45) is 5.92 Å². The molecular weight excluding hydrogens is 336 g/mol. The van der Waals surface area contributed by atoms with E-state index in [1.807, 2.05) is 0 Å². The molecule has 0 aromatic heterocycles. The van der Waals surface area contributed by atoms with Crippen LogP contribution in [0.2, 0.25) is 0 Å². The molecule has 0 nitrogen and oxygen atoms in total. The first kappa shape index (κ1) is 25.4. The van der Waals surface area contributed by atoms with Crippen LogP contribution >= 0.6 is 0 Å². The zero-order valence-electron chi connectivity index (χ0n) is 16.4. The molecule has 0 aliphatic heterocycles. The first-order chi connectivity index (χ1) is 13.7. The molecule has 0 bridgehead atoms. The largest absolute Gasteiger partial charge is 0.106 e. The van der Waals surface area contributed by atoms with Gasteiger partial charge in [0.05, 0.1) is 0 Å². The van der Waals surface area contributed by atoms with Gasteiger partial charge in [0.25, 0.3) is 0 Å². The third-order valence-corrected chi connectivity index (χ3v) is 2.14. The Balaban J connectivity index is 0. The van der Waals surface area contributed by atoms with Crippen molar-refractivity contribution in [1.82, 2.24) is 0 Å². The van der Waals surface area contributed by atoms with Crippen LogP contribution in [0.25, 0.3) is 0 Å². The van der Waals surface area contributed by atoms with E-state index >= 15 is 0 Å². The molecule has 0 aromatic rings. The van der Waals surface area contributed by atoms with Gasteiger partial charge in [0.2, 0.25) is 0 Å². The van der Waals surface area contributed by atoms with E-state index in [0.717, 1.165) is 5.92 Å². The van der Waals surface area contributed by atoms with E-state index in [1.54, 1.807) is 6.92 Å². The maximum absolute atomic E-state index is 4.90. The van der Waals surface area contributed by atoms with Crippen molar-refractivity contribution in [3.63, 3.8) is 0 Å². The Morgan fingerprint density at radius 1 is 0.500 bits per heavy atom. The zero-order chi connectivity index (χ0) is 21.1. The van der Waals surface area contributed by atoms with Gasteiger partial charge in [-0.2, -0.15) is 0 Å². The molecule has 0 unspecified atom stereocenters. The summed E-state index contributed by atoms with van der Waals surface area (Å²) < 4.78 is 0. The Hall–Kier alpha value is -4.84. The van der Waals surface area contributed by atoms with Crippen LogP contribution < -0.4 is 0 Å². The fourth-order valence-corrected chi connectivity index (χ4v) is 0.630. The molecule has 0 N–H and O–H groups in total. The average molecular weight is 352 g/mol. The van der Waals surface area contributed by atoms with Gasteiger partial charge in [-0.15, -0.1) is 6.42 Å². The summed E-state index contributed by atoms with van der Waals surface area (Å²) in [6, 6.07) is 0. The van der Waals surface area contributed by atoms with Gasteiger partial charge in [0, 0.05) is 23.7 Å². The standard InChI is InChI=1S/C23H4.C5H12/c1-3-5-7-9-11-13-15-17-19-21-23-22-20-18-16-14-12-10-8-6-4-2;1-4-5(2)3/h1H,2H3;5H,4H2,1-3H3. The molecule has 0 amide bonds. The third-order valence-electron chi connectivity index (χ3n) is 2.14. The van der Waals surface area contributed by atoms with E-state index in [-0.39, 0.29) is 0 Å². The molecule has 0 saturated heterocycles. The number of rotatable bonds is 1. The summed E-state index contributed by atoms with van der Waals surface area (Å²) in [6.45, 7) is 8.34. The van der Waals surface area contributed by atoms with Crippen LogP contribution in [0.5, 0.6) is 0 Å². The number of hydrogen-bond donors (Lipinski definition) is 0. The van der Waals surface area contributed by atoms with Crippen LogP contribution in [0.15, 0.2) is 0 Å². The number of terminal acetylenes is 1. The Bertz CT molecular complexity index is 1170. The van der Waals surface area contributed by atoms with Crippen molar-refractivity contribution in [1.29, 1.82) is 0 Å². The van der Waals surface area contributed by atoms with Crippen molar-refractivity contribution in [3.05, 3.63) is 0 Å². The molecule has 0 spiro atoms. The second-order valence-electron chi connectivity index (χ2n) is 4.57. The fraction of sp³-hybridized carbons (Fsp3) is 0.214. The highest BCUT2D eigenvalue weighted by molar-refractivity contribution is 5.47. The van der Waals surface area contributed by atoms with E-state index in [2.05, 4.69) is 145 Å². The second-order valence-corrected chi connectivity index (χ2v) is 4.57. The molecule has 0 aliphatic carbocycles. The highest BCUT2D eigenvalue weighted by Crippen LogP contribution is 1.93. The monoisotopic (exact) mass is 352 g/mol. The SMILES string of the molecule is C#CC#CC#CC#CC#CC#CC#CC#CC#CC#CC#CC.CCC(C)C. The van der Waals surface area contributed by atoms with Crippen LogP contribution in [-0.4, -0.2) is 0 Å². The molecule has 0 saturated carbocycles. The Kier molecular flexibility index (Phi) is 22.1. The van der Waals surface area contributed by atoms with E-state index in [1.165, 1.54) is 6.42 Å². The van der Waals surface area contributed by atoms with Crippen LogP contribution in [0.1, 0.15) is 34.1 Å². The van der Waals surface area contributed by atoms with Crippen LogP contribution in [0, 0.1) is 137 Å². The summed E-state index contributed by atoms with van der Waals surface area (Å²) in [5.74, 6) is 52.8. The van der Waals surface area contributed by atoms with Gasteiger partial charge in [-0.25, -0.2) is 0 Å². The van der Waals surface area contributed by atoms with Gasteiger partial charge < -0.3 is 0 Å². The average Bonchev–Trinajstić information content (AvgIpc) is 2.70. The summed E-state index contributed by atoms with van der Waals surface area (Å²) in [4.78, 5) is 0. The molecule has 0 atom stereocenters. The molecule has 0 heteroatoms. The topological polar surface area (TPSA) is 0 Å². The van der Waals surface area contributed by atoms with Crippen LogP contribution in [0.4, 0.5) is 0 Å². The Morgan fingerprint density at radius 2 is 0.714 bits per heavy atom. The number of hydrogen-bond acceptors (Lipinski definition) is 0. The lowest BCUT2D eigenvalue weighted by atomic mass is 10.2. The predicted octanol–water partition coefficient (Wildman–Crippen LogP) is 2.73. The highest BCUT2D eigenvalue weighted by Gasteiger charge is 1.80. The minimum Gasteiger partial charge on any atom is -0.106 e.